The van der Waals surface area contributed by atoms with Gasteiger partial charge in [0.25, 0.3) is 0 Å². The van der Waals surface area contributed by atoms with Crippen LogP contribution < -0.4 is 10.6 Å². The van der Waals surface area contributed by atoms with E-state index in [-0.39, 0.29) is 6.03 Å². The van der Waals surface area contributed by atoms with Crippen molar-refractivity contribution in [1.82, 2.24) is 10.3 Å². The Morgan fingerprint density at radius 2 is 1.91 bits per heavy atom. The third kappa shape index (κ3) is 3.50. The highest BCUT2D eigenvalue weighted by atomic mass is 16.2. The average molecular weight is 304 g/mol. The number of benzene rings is 2. The average Bonchev–Trinajstić information content (AvgIpc) is 2.99. The van der Waals surface area contributed by atoms with Crippen LogP contribution in [0.15, 0.2) is 54.7 Å². The molecule has 0 unspecified atom stereocenters. The quantitative estimate of drug-likeness (QED) is 0.690. The van der Waals surface area contributed by atoms with Crippen LogP contribution >= 0.6 is 0 Å². The molecule has 0 bridgehead atoms. The normalized spacial score (nSPS) is 10.2. The molecule has 114 valence electrons. The van der Waals surface area contributed by atoms with Gasteiger partial charge in [-0.3, -0.25) is 0 Å². The molecular formula is C18H16N4O. The number of H-pyrrole nitrogens is 1. The van der Waals surface area contributed by atoms with Gasteiger partial charge in [0, 0.05) is 29.3 Å². The standard InChI is InChI=1S/C18H16N4O/c19-11-13-5-7-15(8-6-13)22-18(23)20-10-9-14-12-21-17-4-2-1-3-16(14)17/h1-8,12,21H,9-10H2,(H2,20,22,23). The number of nitriles is 1. The number of urea groups is 1. The minimum absolute atomic E-state index is 0.255. The molecule has 2 amide bonds. The summed E-state index contributed by atoms with van der Waals surface area (Å²) < 4.78 is 0. The van der Waals surface area contributed by atoms with Crippen molar-refractivity contribution in [2.45, 2.75) is 6.42 Å². The molecule has 5 nitrogen and oxygen atoms in total. The lowest BCUT2D eigenvalue weighted by Crippen LogP contribution is -2.30. The van der Waals surface area contributed by atoms with Crippen molar-refractivity contribution in [3.8, 4) is 6.07 Å². The molecule has 0 radical (unpaired) electrons. The number of nitrogens with one attached hydrogen (secondary N) is 3. The smallest absolute Gasteiger partial charge is 0.319 e. The van der Waals surface area contributed by atoms with E-state index < -0.39 is 0 Å². The summed E-state index contributed by atoms with van der Waals surface area (Å²) in [5.41, 5.74) is 3.51. The van der Waals surface area contributed by atoms with Gasteiger partial charge in [-0.2, -0.15) is 5.26 Å². The molecular weight excluding hydrogens is 288 g/mol. The van der Waals surface area contributed by atoms with E-state index in [4.69, 9.17) is 5.26 Å². The molecule has 3 N–H and O–H groups in total. The first-order chi connectivity index (χ1) is 11.3. The summed E-state index contributed by atoms with van der Waals surface area (Å²) in [6.07, 6.45) is 2.73. The first-order valence-corrected chi connectivity index (χ1v) is 7.36. The Morgan fingerprint density at radius 3 is 2.70 bits per heavy atom. The van der Waals surface area contributed by atoms with Crippen LogP contribution in [0.1, 0.15) is 11.1 Å². The summed E-state index contributed by atoms with van der Waals surface area (Å²) in [5.74, 6) is 0. The van der Waals surface area contributed by atoms with Crippen LogP contribution in [0, 0.1) is 11.3 Å². The molecule has 0 aliphatic heterocycles. The number of aromatic nitrogens is 1. The minimum atomic E-state index is -0.255. The molecule has 1 aromatic heterocycles. The number of hydrogen-bond acceptors (Lipinski definition) is 2. The Morgan fingerprint density at radius 1 is 1.13 bits per heavy atom. The fourth-order valence-corrected chi connectivity index (χ4v) is 2.45. The predicted molar refractivity (Wildman–Crippen MR) is 90.2 cm³/mol. The van der Waals surface area contributed by atoms with Crippen molar-refractivity contribution >= 4 is 22.6 Å². The molecule has 3 rings (SSSR count). The number of anilines is 1. The second kappa shape index (κ2) is 6.67. The van der Waals surface area contributed by atoms with Crippen LogP contribution in [0.5, 0.6) is 0 Å². The fraction of sp³-hybridized carbons (Fsp3) is 0.111. The van der Waals surface area contributed by atoms with E-state index in [9.17, 15) is 4.79 Å². The van der Waals surface area contributed by atoms with E-state index in [1.165, 1.54) is 10.9 Å². The highest BCUT2D eigenvalue weighted by Gasteiger charge is 2.05. The lowest BCUT2D eigenvalue weighted by atomic mass is 10.1. The molecule has 0 spiro atoms. The van der Waals surface area contributed by atoms with E-state index in [1.54, 1.807) is 24.3 Å². The van der Waals surface area contributed by atoms with Gasteiger partial charge in [-0.1, -0.05) is 18.2 Å². The number of fused-ring (bicyclic) bond motifs is 1. The maximum Gasteiger partial charge on any atom is 0.319 e. The Bertz CT molecular complexity index is 859. The SMILES string of the molecule is N#Cc1ccc(NC(=O)NCCc2c[nH]c3ccccc23)cc1. The lowest BCUT2D eigenvalue weighted by Gasteiger charge is -2.07. The van der Waals surface area contributed by atoms with Gasteiger partial charge in [-0.15, -0.1) is 0 Å². The van der Waals surface area contributed by atoms with Gasteiger partial charge in [-0.25, -0.2) is 4.79 Å². The summed E-state index contributed by atoms with van der Waals surface area (Å²) in [5, 5.41) is 15.5. The molecule has 0 saturated heterocycles. The first kappa shape index (κ1) is 14.7. The Hall–Kier alpha value is -3.26. The fourth-order valence-electron chi connectivity index (χ4n) is 2.45. The highest BCUT2D eigenvalue weighted by molar-refractivity contribution is 5.89. The largest absolute Gasteiger partial charge is 0.361 e. The minimum Gasteiger partial charge on any atom is -0.361 e. The van der Waals surface area contributed by atoms with Crippen LogP contribution in [0.2, 0.25) is 0 Å². The van der Waals surface area contributed by atoms with Crippen molar-refractivity contribution in [1.29, 1.82) is 5.26 Å². The zero-order valence-corrected chi connectivity index (χ0v) is 12.5. The van der Waals surface area contributed by atoms with Crippen LogP contribution in [0.3, 0.4) is 0 Å². The van der Waals surface area contributed by atoms with Gasteiger partial charge in [0.15, 0.2) is 0 Å². The first-order valence-electron chi connectivity index (χ1n) is 7.36. The molecule has 5 heteroatoms. The van der Waals surface area contributed by atoms with E-state index in [0.29, 0.717) is 17.8 Å². The Balaban J connectivity index is 1.52. The van der Waals surface area contributed by atoms with E-state index in [0.717, 1.165) is 11.9 Å². The molecule has 23 heavy (non-hydrogen) atoms. The summed E-state index contributed by atoms with van der Waals surface area (Å²) in [4.78, 5) is 15.1. The summed E-state index contributed by atoms with van der Waals surface area (Å²) >= 11 is 0. The topological polar surface area (TPSA) is 80.7 Å². The third-order valence-corrected chi connectivity index (χ3v) is 3.63. The summed E-state index contributed by atoms with van der Waals surface area (Å²) in [6, 6.07) is 16.6. The zero-order valence-electron chi connectivity index (χ0n) is 12.5. The third-order valence-electron chi connectivity index (χ3n) is 3.63. The van der Waals surface area contributed by atoms with Crippen molar-refractivity contribution in [3.63, 3.8) is 0 Å². The number of amides is 2. The number of hydrogen-bond donors (Lipinski definition) is 3. The Labute approximate surface area is 133 Å². The van der Waals surface area contributed by atoms with Crippen molar-refractivity contribution in [2.24, 2.45) is 0 Å². The van der Waals surface area contributed by atoms with Crippen molar-refractivity contribution in [3.05, 3.63) is 65.9 Å². The lowest BCUT2D eigenvalue weighted by molar-refractivity contribution is 0.252. The number of carbonyl (C=O) groups is 1. The predicted octanol–water partition coefficient (Wildman–Crippen LogP) is 3.40. The van der Waals surface area contributed by atoms with Crippen LogP contribution in [0.4, 0.5) is 10.5 Å². The van der Waals surface area contributed by atoms with E-state index in [1.807, 2.05) is 30.5 Å². The maximum atomic E-state index is 11.9. The zero-order chi connectivity index (χ0) is 16.1. The van der Waals surface area contributed by atoms with Gasteiger partial charge in [-0.05, 0) is 42.3 Å². The molecule has 0 aliphatic carbocycles. The molecule has 0 saturated carbocycles. The van der Waals surface area contributed by atoms with Crippen LogP contribution in [-0.2, 0) is 6.42 Å². The summed E-state index contributed by atoms with van der Waals surface area (Å²) in [6.45, 7) is 0.546. The molecule has 0 aliphatic rings. The molecule has 0 fully saturated rings. The van der Waals surface area contributed by atoms with Gasteiger partial charge < -0.3 is 15.6 Å². The highest BCUT2D eigenvalue weighted by Crippen LogP contribution is 2.17. The number of para-hydroxylation sites is 1. The molecule has 2 aromatic carbocycles. The number of nitrogens with zero attached hydrogens (tertiary/aromatic N) is 1. The number of carbonyl (C=O) groups excluding carboxylic acids is 1. The monoisotopic (exact) mass is 304 g/mol. The summed E-state index contributed by atoms with van der Waals surface area (Å²) in [7, 11) is 0. The second-order valence-electron chi connectivity index (χ2n) is 5.18. The number of rotatable bonds is 4. The van der Waals surface area contributed by atoms with Gasteiger partial charge in [0.05, 0.1) is 11.6 Å². The van der Waals surface area contributed by atoms with Gasteiger partial charge in [0.2, 0.25) is 0 Å². The second-order valence-corrected chi connectivity index (χ2v) is 5.18. The van der Waals surface area contributed by atoms with Crippen molar-refractivity contribution in [2.75, 3.05) is 11.9 Å². The number of aromatic amines is 1. The molecule has 3 aromatic rings. The van der Waals surface area contributed by atoms with Crippen LogP contribution in [0.25, 0.3) is 10.9 Å². The molecule has 1 heterocycles. The molecule has 0 atom stereocenters. The van der Waals surface area contributed by atoms with E-state index >= 15 is 0 Å². The van der Waals surface area contributed by atoms with Gasteiger partial charge >= 0.3 is 6.03 Å². The van der Waals surface area contributed by atoms with Crippen LogP contribution in [-0.4, -0.2) is 17.6 Å². The van der Waals surface area contributed by atoms with Gasteiger partial charge in [0.1, 0.15) is 0 Å². The maximum absolute atomic E-state index is 11.9. The Kier molecular flexibility index (Phi) is 4.25. The van der Waals surface area contributed by atoms with E-state index in [2.05, 4.69) is 21.7 Å². The van der Waals surface area contributed by atoms with Crippen molar-refractivity contribution < 1.29 is 4.79 Å².